The summed E-state index contributed by atoms with van der Waals surface area (Å²) >= 11 is 0. The monoisotopic (exact) mass is 285 g/mol. The van der Waals surface area contributed by atoms with E-state index in [1.807, 2.05) is 0 Å². The predicted octanol–water partition coefficient (Wildman–Crippen LogP) is 1.04. The first-order valence-corrected chi connectivity index (χ1v) is 7.36. The summed E-state index contributed by atoms with van der Waals surface area (Å²) in [6, 6.07) is -0.695. The molecule has 114 valence electrons. The molecule has 0 aromatic rings. The maximum Gasteiger partial charge on any atom is 0.326 e. The van der Waals surface area contributed by atoms with E-state index >= 15 is 0 Å². The molecule has 0 spiro atoms. The zero-order chi connectivity index (χ0) is 14.5. The normalized spacial score (nSPS) is 28.4. The lowest BCUT2D eigenvalue weighted by Gasteiger charge is -2.27. The van der Waals surface area contributed by atoms with E-state index in [0.717, 1.165) is 32.3 Å². The number of likely N-dealkylation sites (tertiary alicyclic amines) is 1. The minimum atomic E-state index is -0.932. The minimum absolute atomic E-state index is 0.0628. The van der Waals surface area contributed by atoms with Gasteiger partial charge in [0.15, 0.2) is 0 Å². The molecule has 0 unspecified atom stereocenters. The average molecular weight is 285 g/mol. The smallest absolute Gasteiger partial charge is 0.326 e. The molecule has 2 fully saturated rings. The number of amides is 1. The van der Waals surface area contributed by atoms with Crippen molar-refractivity contribution >= 4 is 11.9 Å². The summed E-state index contributed by atoms with van der Waals surface area (Å²) in [6.45, 7) is 3.34. The summed E-state index contributed by atoms with van der Waals surface area (Å²) in [7, 11) is 0. The number of hydrogen-bond acceptors (Lipinski definition) is 4. The van der Waals surface area contributed by atoms with Gasteiger partial charge in [0.2, 0.25) is 0 Å². The van der Waals surface area contributed by atoms with Crippen molar-refractivity contribution in [2.45, 2.75) is 57.3 Å². The summed E-state index contributed by atoms with van der Waals surface area (Å²) < 4.78 is 11.1. The van der Waals surface area contributed by atoms with Crippen LogP contribution in [-0.2, 0) is 19.1 Å². The van der Waals surface area contributed by atoms with Crippen LogP contribution in [0.4, 0.5) is 0 Å². The third kappa shape index (κ3) is 3.70. The number of carbonyl (C=O) groups excluding carboxylic acids is 1. The molecule has 6 nitrogen and oxygen atoms in total. The highest BCUT2D eigenvalue weighted by Crippen LogP contribution is 2.20. The first kappa shape index (κ1) is 15.3. The van der Waals surface area contributed by atoms with Crippen LogP contribution in [0.5, 0.6) is 0 Å². The van der Waals surface area contributed by atoms with Crippen molar-refractivity contribution in [2.24, 2.45) is 0 Å². The van der Waals surface area contributed by atoms with Gasteiger partial charge in [0.25, 0.3) is 5.91 Å². The fourth-order valence-electron chi connectivity index (χ4n) is 2.78. The van der Waals surface area contributed by atoms with Crippen LogP contribution < -0.4 is 0 Å². The second kappa shape index (κ2) is 7.04. The van der Waals surface area contributed by atoms with Crippen molar-refractivity contribution in [1.82, 2.24) is 4.90 Å². The van der Waals surface area contributed by atoms with Crippen molar-refractivity contribution in [2.75, 3.05) is 19.8 Å². The molecule has 2 aliphatic rings. The number of carboxylic acid groups (broad SMARTS) is 1. The standard InChI is InChI=1S/C14H23NO5/c1-10(20-9-11-5-2-3-8-19-11)13(16)15-7-4-6-12(15)14(17)18/h10-12H,2-9H2,1H3,(H,17,18)/t10-,11-,12-/m0/s1. The van der Waals surface area contributed by atoms with Gasteiger partial charge in [0.05, 0.1) is 12.7 Å². The van der Waals surface area contributed by atoms with Crippen LogP contribution in [-0.4, -0.2) is 59.9 Å². The highest BCUT2D eigenvalue weighted by molar-refractivity contribution is 5.86. The fourth-order valence-corrected chi connectivity index (χ4v) is 2.78. The first-order valence-electron chi connectivity index (χ1n) is 7.36. The number of carbonyl (C=O) groups is 2. The van der Waals surface area contributed by atoms with Gasteiger partial charge in [-0.05, 0) is 39.0 Å². The van der Waals surface area contributed by atoms with Gasteiger partial charge in [-0.1, -0.05) is 0 Å². The Kier molecular flexibility index (Phi) is 5.37. The summed E-state index contributed by atoms with van der Waals surface area (Å²) in [5, 5.41) is 9.09. The number of aliphatic carboxylic acids is 1. The molecule has 20 heavy (non-hydrogen) atoms. The molecule has 0 aliphatic carbocycles. The molecule has 3 atom stereocenters. The lowest BCUT2D eigenvalue weighted by Crippen LogP contribution is -2.46. The van der Waals surface area contributed by atoms with Crippen LogP contribution in [0.2, 0.25) is 0 Å². The number of nitrogens with zero attached hydrogens (tertiary/aromatic N) is 1. The Bertz CT molecular complexity index is 353. The van der Waals surface area contributed by atoms with Gasteiger partial charge in [-0.25, -0.2) is 4.79 Å². The summed E-state index contributed by atoms with van der Waals surface area (Å²) in [4.78, 5) is 24.7. The van der Waals surface area contributed by atoms with Gasteiger partial charge in [-0.2, -0.15) is 0 Å². The van der Waals surface area contributed by atoms with Crippen LogP contribution >= 0.6 is 0 Å². The predicted molar refractivity (Wildman–Crippen MR) is 71.4 cm³/mol. The van der Waals surface area contributed by atoms with E-state index in [4.69, 9.17) is 14.6 Å². The van der Waals surface area contributed by atoms with Crippen LogP contribution in [0.15, 0.2) is 0 Å². The van der Waals surface area contributed by atoms with Crippen molar-refractivity contribution in [3.8, 4) is 0 Å². The zero-order valence-corrected chi connectivity index (χ0v) is 11.9. The molecule has 0 bridgehead atoms. The van der Waals surface area contributed by atoms with Gasteiger partial charge >= 0.3 is 5.97 Å². The number of ether oxygens (including phenoxy) is 2. The Morgan fingerprint density at radius 3 is 2.80 bits per heavy atom. The van der Waals surface area contributed by atoms with Crippen LogP contribution in [0.1, 0.15) is 39.0 Å². The number of hydrogen-bond donors (Lipinski definition) is 1. The van der Waals surface area contributed by atoms with Crippen molar-refractivity contribution in [3.05, 3.63) is 0 Å². The molecule has 2 rings (SSSR count). The molecule has 0 aromatic heterocycles. The quantitative estimate of drug-likeness (QED) is 0.816. The third-order valence-electron chi connectivity index (χ3n) is 3.97. The highest BCUT2D eigenvalue weighted by atomic mass is 16.5. The van der Waals surface area contributed by atoms with Crippen LogP contribution in [0.25, 0.3) is 0 Å². The average Bonchev–Trinajstić information content (AvgIpc) is 2.94. The Morgan fingerprint density at radius 2 is 2.15 bits per heavy atom. The van der Waals surface area contributed by atoms with Crippen molar-refractivity contribution in [3.63, 3.8) is 0 Å². The molecule has 1 amide bonds. The lowest BCUT2D eigenvalue weighted by atomic mass is 10.1. The highest BCUT2D eigenvalue weighted by Gasteiger charge is 2.36. The molecule has 0 radical (unpaired) electrons. The summed E-state index contributed by atoms with van der Waals surface area (Å²) in [6.07, 6.45) is 3.89. The lowest BCUT2D eigenvalue weighted by molar-refractivity contribution is -0.155. The second-order valence-corrected chi connectivity index (χ2v) is 5.49. The molecular weight excluding hydrogens is 262 g/mol. The molecule has 6 heteroatoms. The van der Waals surface area contributed by atoms with E-state index in [1.165, 1.54) is 4.90 Å². The molecule has 0 aromatic carbocycles. The number of rotatable bonds is 5. The zero-order valence-electron chi connectivity index (χ0n) is 11.9. The maximum atomic E-state index is 12.2. The Hall–Kier alpha value is -1.14. The molecule has 2 saturated heterocycles. The van der Waals surface area contributed by atoms with Crippen LogP contribution in [0, 0.1) is 0 Å². The van der Waals surface area contributed by atoms with Gasteiger partial charge in [0.1, 0.15) is 12.1 Å². The largest absolute Gasteiger partial charge is 0.480 e. The molecule has 2 heterocycles. The number of carboxylic acids is 1. The van der Waals surface area contributed by atoms with E-state index < -0.39 is 18.1 Å². The third-order valence-corrected chi connectivity index (χ3v) is 3.97. The van der Waals surface area contributed by atoms with Gasteiger partial charge in [-0.3, -0.25) is 4.79 Å². The van der Waals surface area contributed by atoms with Crippen molar-refractivity contribution in [1.29, 1.82) is 0 Å². The van der Waals surface area contributed by atoms with Crippen molar-refractivity contribution < 1.29 is 24.2 Å². The van der Waals surface area contributed by atoms with Crippen LogP contribution in [0.3, 0.4) is 0 Å². The Morgan fingerprint density at radius 1 is 1.35 bits per heavy atom. The van der Waals surface area contributed by atoms with E-state index in [2.05, 4.69) is 0 Å². The van der Waals surface area contributed by atoms with Gasteiger partial charge in [0, 0.05) is 13.2 Å². The molecular formula is C14H23NO5. The van der Waals surface area contributed by atoms with Gasteiger partial charge < -0.3 is 19.5 Å². The Labute approximate surface area is 119 Å². The maximum absolute atomic E-state index is 12.2. The topological polar surface area (TPSA) is 76.1 Å². The fraction of sp³-hybridized carbons (Fsp3) is 0.857. The van der Waals surface area contributed by atoms with E-state index in [9.17, 15) is 9.59 Å². The molecule has 0 saturated carbocycles. The van der Waals surface area contributed by atoms with E-state index in [0.29, 0.717) is 19.6 Å². The van der Waals surface area contributed by atoms with E-state index in [-0.39, 0.29) is 12.0 Å². The molecule has 1 N–H and O–H groups in total. The Balaban J connectivity index is 1.80. The second-order valence-electron chi connectivity index (χ2n) is 5.49. The van der Waals surface area contributed by atoms with E-state index in [1.54, 1.807) is 6.92 Å². The first-order chi connectivity index (χ1) is 9.59. The summed E-state index contributed by atoms with van der Waals surface area (Å²) in [5.74, 6) is -1.16. The SMILES string of the molecule is C[C@H](OC[C@@H]1CCCCO1)C(=O)N1CCC[C@H]1C(=O)O. The van der Waals surface area contributed by atoms with Gasteiger partial charge in [-0.15, -0.1) is 0 Å². The minimum Gasteiger partial charge on any atom is -0.480 e. The molecule has 2 aliphatic heterocycles. The summed E-state index contributed by atoms with van der Waals surface area (Å²) in [5.41, 5.74) is 0.